The number of aryl methyl sites for hydroxylation is 2. The summed E-state index contributed by atoms with van der Waals surface area (Å²) in [6.07, 6.45) is 0. The number of nitrogens with zero attached hydrogens (tertiary/aromatic N) is 1. The van der Waals surface area contributed by atoms with Crippen molar-refractivity contribution in [3.05, 3.63) is 51.4 Å². The molecule has 2 aromatic rings. The van der Waals surface area contributed by atoms with Gasteiger partial charge in [-0.1, -0.05) is 38.0 Å². The average Bonchev–Trinajstić information content (AvgIpc) is 2.25. The predicted octanol–water partition coefficient (Wildman–Crippen LogP) is 3.35. The van der Waals surface area contributed by atoms with Crippen molar-refractivity contribution >= 4 is 0 Å². The molecule has 3 nitrogen and oxygen atoms in total. The number of nitrogens with one attached hydrogen (secondary N) is 1. The second kappa shape index (κ2) is 4.65. The van der Waals surface area contributed by atoms with Crippen LogP contribution in [-0.2, 0) is 5.41 Å². The van der Waals surface area contributed by atoms with Crippen molar-refractivity contribution in [2.75, 3.05) is 0 Å². The summed E-state index contributed by atoms with van der Waals surface area (Å²) >= 11 is 0. The van der Waals surface area contributed by atoms with Gasteiger partial charge in [-0.3, -0.25) is 4.79 Å². The first-order valence-electron chi connectivity index (χ1n) is 6.46. The molecule has 3 heteroatoms. The van der Waals surface area contributed by atoms with Gasteiger partial charge in [0.05, 0.1) is 5.69 Å². The largest absolute Gasteiger partial charge is 0.307 e. The molecule has 0 fully saturated rings. The molecule has 0 spiro atoms. The maximum absolute atomic E-state index is 11.8. The Morgan fingerprint density at radius 3 is 2.11 bits per heavy atom. The lowest BCUT2D eigenvalue weighted by Crippen LogP contribution is -2.19. The molecule has 1 aromatic heterocycles. The van der Waals surface area contributed by atoms with Gasteiger partial charge in [0.2, 0.25) is 0 Å². The van der Waals surface area contributed by atoms with Crippen LogP contribution in [0.3, 0.4) is 0 Å². The predicted molar refractivity (Wildman–Crippen MR) is 78.5 cm³/mol. The first-order valence-corrected chi connectivity index (χ1v) is 6.46. The van der Waals surface area contributed by atoms with E-state index in [2.05, 4.69) is 36.8 Å². The van der Waals surface area contributed by atoms with Crippen LogP contribution in [0.5, 0.6) is 0 Å². The van der Waals surface area contributed by atoms with Crippen molar-refractivity contribution in [1.29, 1.82) is 0 Å². The number of benzene rings is 1. The number of H-pyrrole nitrogens is 1. The third-order valence-electron chi connectivity index (χ3n) is 3.01. The fraction of sp³-hybridized carbons (Fsp3) is 0.375. The fourth-order valence-corrected chi connectivity index (χ4v) is 2.09. The maximum atomic E-state index is 11.8. The monoisotopic (exact) mass is 256 g/mol. The highest BCUT2D eigenvalue weighted by molar-refractivity contribution is 5.57. The summed E-state index contributed by atoms with van der Waals surface area (Å²) < 4.78 is 0. The van der Waals surface area contributed by atoms with E-state index in [-0.39, 0.29) is 11.0 Å². The van der Waals surface area contributed by atoms with E-state index in [9.17, 15) is 4.79 Å². The molecule has 0 unspecified atom stereocenters. The van der Waals surface area contributed by atoms with E-state index < -0.39 is 0 Å². The summed E-state index contributed by atoms with van der Waals surface area (Å²) in [6, 6.07) is 7.76. The molecule has 2 rings (SSSR count). The van der Waals surface area contributed by atoms with Crippen LogP contribution in [0.25, 0.3) is 11.4 Å². The molecule has 0 radical (unpaired) electrons. The molecular weight excluding hydrogens is 236 g/mol. The van der Waals surface area contributed by atoms with E-state index in [1.54, 1.807) is 6.07 Å². The Labute approximate surface area is 113 Å². The molecule has 1 heterocycles. The van der Waals surface area contributed by atoms with Gasteiger partial charge in [0.25, 0.3) is 5.56 Å². The molecule has 100 valence electrons. The minimum Gasteiger partial charge on any atom is -0.307 e. The number of aromatic amines is 1. The molecule has 19 heavy (non-hydrogen) atoms. The topological polar surface area (TPSA) is 45.8 Å². The van der Waals surface area contributed by atoms with Crippen molar-refractivity contribution < 1.29 is 0 Å². The Morgan fingerprint density at radius 2 is 1.58 bits per heavy atom. The second-order valence-electron chi connectivity index (χ2n) is 6.11. The van der Waals surface area contributed by atoms with Crippen LogP contribution in [0.2, 0.25) is 0 Å². The molecule has 0 aliphatic rings. The van der Waals surface area contributed by atoms with Crippen LogP contribution in [0.1, 0.15) is 37.6 Å². The number of hydrogen-bond acceptors (Lipinski definition) is 2. The Kier molecular flexibility index (Phi) is 3.31. The molecule has 0 amide bonds. The van der Waals surface area contributed by atoms with Crippen LogP contribution in [0.15, 0.2) is 29.1 Å². The van der Waals surface area contributed by atoms with E-state index >= 15 is 0 Å². The summed E-state index contributed by atoms with van der Waals surface area (Å²) in [7, 11) is 0. The van der Waals surface area contributed by atoms with E-state index in [4.69, 9.17) is 0 Å². The maximum Gasteiger partial charge on any atom is 0.251 e. The smallest absolute Gasteiger partial charge is 0.251 e. The van der Waals surface area contributed by atoms with Gasteiger partial charge in [0, 0.05) is 17.0 Å². The van der Waals surface area contributed by atoms with Gasteiger partial charge in [-0.05, 0) is 26.0 Å². The Hall–Kier alpha value is -1.90. The zero-order chi connectivity index (χ0) is 14.2. The summed E-state index contributed by atoms with van der Waals surface area (Å²) in [6.45, 7) is 10.3. The lowest BCUT2D eigenvalue weighted by molar-refractivity contribution is 0.566. The Bertz CT molecular complexity index is 643. The van der Waals surface area contributed by atoms with Crippen LogP contribution in [-0.4, -0.2) is 9.97 Å². The van der Waals surface area contributed by atoms with Gasteiger partial charge in [-0.25, -0.2) is 4.98 Å². The molecule has 0 atom stereocenters. The minimum absolute atomic E-state index is 0.103. The molecule has 0 saturated heterocycles. The third kappa shape index (κ3) is 3.11. The van der Waals surface area contributed by atoms with E-state index in [1.165, 1.54) is 11.1 Å². The van der Waals surface area contributed by atoms with E-state index in [0.29, 0.717) is 5.82 Å². The first kappa shape index (κ1) is 13.5. The van der Waals surface area contributed by atoms with Crippen LogP contribution in [0, 0.1) is 13.8 Å². The molecule has 1 N–H and O–H groups in total. The molecule has 0 aliphatic carbocycles. The van der Waals surface area contributed by atoms with Crippen LogP contribution >= 0.6 is 0 Å². The van der Waals surface area contributed by atoms with Gasteiger partial charge in [-0.2, -0.15) is 0 Å². The molecule has 0 aliphatic heterocycles. The summed E-state index contributed by atoms with van der Waals surface area (Å²) in [4.78, 5) is 19.2. The molecule has 1 aromatic carbocycles. The zero-order valence-electron chi connectivity index (χ0n) is 12.2. The quantitative estimate of drug-likeness (QED) is 0.850. The Morgan fingerprint density at radius 1 is 1.00 bits per heavy atom. The highest BCUT2D eigenvalue weighted by atomic mass is 16.1. The normalized spacial score (nSPS) is 11.6. The van der Waals surface area contributed by atoms with E-state index in [1.807, 2.05) is 26.0 Å². The summed E-state index contributed by atoms with van der Waals surface area (Å²) in [5.41, 5.74) is 3.86. The molecule has 0 bridgehead atoms. The lowest BCUT2D eigenvalue weighted by Gasteiger charge is -2.18. The molecular formula is C16H20N2O. The summed E-state index contributed by atoms with van der Waals surface area (Å²) in [5, 5.41) is 0. The van der Waals surface area contributed by atoms with Crippen molar-refractivity contribution in [3.8, 4) is 11.4 Å². The number of aromatic nitrogens is 2. The van der Waals surface area contributed by atoms with Gasteiger partial charge >= 0.3 is 0 Å². The number of hydrogen-bond donors (Lipinski definition) is 1. The number of rotatable bonds is 1. The highest BCUT2D eigenvalue weighted by Crippen LogP contribution is 2.22. The SMILES string of the molecule is Cc1cc(C)cc(-c2nc(C(C)(C)C)cc(=O)[nH]2)c1. The Balaban J connectivity index is 2.63. The van der Waals surface area contributed by atoms with Gasteiger partial charge in [-0.15, -0.1) is 0 Å². The van der Waals surface area contributed by atoms with E-state index in [0.717, 1.165) is 11.3 Å². The van der Waals surface area contributed by atoms with Crippen LogP contribution in [0.4, 0.5) is 0 Å². The fourth-order valence-electron chi connectivity index (χ4n) is 2.09. The van der Waals surface area contributed by atoms with Crippen molar-refractivity contribution in [2.45, 2.75) is 40.0 Å². The van der Waals surface area contributed by atoms with Crippen LogP contribution < -0.4 is 5.56 Å². The first-order chi connectivity index (χ1) is 8.75. The zero-order valence-corrected chi connectivity index (χ0v) is 12.2. The van der Waals surface area contributed by atoms with Crippen molar-refractivity contribution in [1.82, 2.24) is 9.97 Å². The average molecular weight is 256 g/mol. The summed E-state index contributed by atoms with van der Waals surface area (Å²) in [5.74, 6) is 0.643. The second-order valence-corrected chi connectivity index (χ2v) is 6.11. The standard InChI is InChI=1S/C16H20N2O/c1-10-6-11(2)8-12(7-10)15-17-13(16(3,4)5)9-14(19)18-15/h6-9H,1-5H3,(H,17,18,19). The molecule has 0 saturated carbocycles. The lowest BCUT2D eigenvalue weighted by atomic mass is 9.92. The van der Waals surface area contributed by atoms with Gasteiger partial charge in [0.15, 0.2) is 0 Å². The van der Waals surface area contributed by atoms with Gasteiger partial charge < -0.3 is 4.98 Å². The van der Waals surface area contributed by atoms with Crippen molar-refractivity contribution in [3.63, 3.8) is 0 Å². The minimum atomic E-state index is -0.137. The third-order valence-corrected chi connectivity index (χ3v) is 3.01. The van der Waals surface area contributed by atoms with Gasteiger partial charge in [0.1, 0.15) is 5.82 Å². The van der Waals surface area contributed by atoms with Crippen molar-refractivity contribution in [2.24, 2.45) is 0 Å². The highest BCUT2D eigenvalue weighted by Gasteiger charge is 2.17.